The summed E-state index contributed by atoms with van der Waals surface area (Å²) in [5.41, 5.74) is 9.67. The number of nitrogens with one attached hydrogen (secondary N) is 1. The minimum Gasteiger partial charge on any atom is -0.389 e. The van der Waals surface area contributed by atoms with Crippen molar-refractivity contribution in [2.75, 3.05) is 5.32 Å². The number of thiocarbonyl (C=S) groups is 1. The number of hydrogen-bond acceptors (Lipinski definition) is 3. The zero-order valence-electron chi connectivity index (χ0n) is 10.2. The normalized spacial score (nSPS) is 10.1. The van der Waals surface area contributed by atoms with E-state index in [-0.39, 0.29) is 0 Å². The van der Waals surface area contributed by atoms with E-state index in [9.17, 15) is 0 Å². The van der Waals surface area contributed by atoms with Crippen molar-refractivity contribution in [1.82, 2.24) is 4.98 Å². The Labute approximate surface area is 112 Å². The Bertz CT molecular complexity index is 552. The van der Waals surface area contributed by atoms with Crippen molar-refractivity contribution in [2.24, 2.45) is 5.73 Å². The fourth-order valence-corrected chi connectivity index (χ4v) is 1.89. The third kappa shape index (κ3) is 3.05. The van der Waals surface area contributed by atoms with Crippen LogP contribution in [0.5, 0.6) is 0 Å². The standard InChI is InChI=1S/C14H15N3S/c1-10-5-6-12(14(15)18)13(8-10)17-9-11-4-2-3-7-16-11/h2-8,17H,9H2,1H3,(H2,15,18). The molecule has 2 aromatic rings. The number of aromatic nitrogens is 1. The van der Waals surface area contributed by atoms with Crippen LogP contribution in [0.1, 0.15) is 16.8 Å². The van der Waals surface area contributed by atoms with Gasteiger partial charge in [0.15, 0.2) is 0 Å². The average molecular weight is 257 g/mol. The van der Waals surface area contributed by atoms with Gasteiger partial charge in [-0.05, 0) is 36.8 Å². The van der Waals surface area contributed by atoms with Crippen LogP contribution in [0, 0.1) is 6.92 Å². The predicted octanol–water partition coefficient (Wildman–Crippen LogP) is 2.64. The van der Waals surface area contributed by atoms with Crippen molar-refractivity contribution < 1.29 is 0 Å². The summed E-state index contributed by atoms with van der Waals surface area (Å²) in [5.74, 6) is 0. The molecule has 0 unspecified atom stereocenters. The quantitative estimate of drug-likeness (QED) is 0.827. The molecule has 0 amide bonds. The lowest BCUT2D eigenvalue weighted by Crippen LogP contribution is -2.13. The molecule has 0 spiro atoms. The molecule has 0 saturated heterocycles. The zero-order chi connectivity index (χ0) is 13.0. The van der Waals surface area contributed by atoms with Crippen LogP contribution in [0.4, 0.5) is 5.69 Å². The zero-order valence-corrected chi connectivity index (χ0v) is 11.0. The van der Waals surface area contributed by atoms with Gasteiger partial charge in [0.1, 0.15) is 4.99 Å². The van der Waals surface area contributed by atoms with E-state index in [0.717, 1.165) is 16.9 Å². The molecule has 0 atom stereocenters. The first-order valence-corrected chi connectivity index (χ1v) is 6.12. The molecule has 0 fully saturated rings. The lowest BCUT2D eigenvalue weighted by molar-refractivity contribution is 1.04. The highest BCUT2D eigenvalue weighted by molar-refractivity contribution is 7.80. The van der Waals surface area contributed by atoms with Crippen LogP contribution in [-0.4, -0.2) is 9.97 Å². The summed E-state index contributed by atoms with van der Waals surface area (Å²) in [6, 6.07) is 11.8. The van der Waals surface area contributed by atoms with Gasteiger partial charge in [-0.1, -0.05) is 24.4 Å². The Morgan fingerprint density at radius 2 is 2.17 bits per heavy atom. The summed E-state index contributed by atoms with van der Waals surface area (Å²) in [6.45, 7) is 2.69. The van der Waals surface area contributed by atoms with E-state index in [4.69, 9.17) is 18.0 Å². The number of benzene rings is 1. The van der Waals surface area contributed by atoms with Gasteiger partial charge in [-0.3, -0.25) is 4.98 Å². The number of nitrogens with zero attached hydrogens (tertiary/aromatic N) is 1. The number of anilines is 1. The fraction of sp³-hybridized carbons (Fsp3) is 0.143. The molecule has 0 aliphatic carbocycles. The molecule has 0 aliphatic heterocycles. The average Bonchev–Trinajstić information content (AvgIpc) is 2.37. The second kappa shape index (κ2) is 5.60. The molecule has 3 nitrogen and oxygen atoms in total. The highest BCUT2D eigenvalue weighted by Crippen LogP contribution is 2.18. The van der Waals surface area contributed by atoms with Crippen LogP contribution < -0.4 is 11.1 Å². The molecule has 0 radical (unpaired) electrons. The summed E-state index contributed by atoms with van der Waals surface area (Å²) in [4.78, 5) is 4.67. The van der Waals surface area contributed by atoms with E-state index < -0.39 is 0 Å². The van der Waals surface area contributed by atoms with Crippen LogP contribution >= 0.6 is 12.2 Å². The van der Waals surface area contributed by atoms with Gasteiger partial charge in [-0.25, -0.2) is 0 Å². The molecule has 0 bridgehead atoms. The van der Waals surface area contributed by atoms with E-state index in [1.807, 2.05) is 43.3 Å². The molecule has 0 aliphatic rings. The fourth-order valence-electron chi connectivity index (χ4n) is 1.71. The maximum atomic E-state index is 5.71. The van der Waals surface area contributed by atoms with Gasteiger partial charge in [0.25, 0.3) is 0 Å². The summed E-state index contributed by atoms with van der Waals surface area (Å²) < 4.78 is 0. The number of hydrogen-bond donors (Lipinski definition) is 2. The van der Waals surface area contributed by atoms with Gasteiger partial charge in [0, 0.05) is 17.4 Å². The van der Waals surface area contributed by atoms with Gasteiger partial charge in [0.2, 0.25) is 0 Å². The van der Waals surface area contributed by atoms with Crippen LogP contribution in [0.2, 0.25) is 0 Å². The van der Waals surface area contributed by atoms with Gasteiger partial charge in [0.05, 0.1) is 12.2 Å². The number of pyridine rings is 1. The molecule has 1 aromatic heterocycles. The maximum absolute atomic E-state index is 5.71. The minimum absolute atomic E-state index is 0.401. The second-order valence-corrected chi connectivity index (χ2v) is 4.53. The SMILES string of the molecule is Cc1ccc(C(N)=S)c(NCc2ccccn2)c1. The van der Waals surface area contributed by atoms with Crippen molar-refractivity contribution in [3.63, 3.8) is 0 Å². The number of nitrogens with two attached hydrogens (primary N) is 1. The molecule has 4 heteroatoms. The van der Waals surface area contributed by atoms with Crippen LogP contribution in [0.3, 0.4) is 0 Å². The van der Waals surface area contributed by atoms with Crippen molar-refractivity contribution in [3.8, 4) is 0 Å². The highest BCUT2D eigenvalue weighted by Gasteiger charge is 2.05. The predicted molar refractivity (Wildman–Crippen MR) is 78.6 cm³/mol. The number of aryl methyl sites for hydroxylation is 1. The van der Waals surface area contributed by atoms with Crippen molar-refractivity contribution in [2.45, 2.75) is 13.5 Å². The van der Waals surface area contributed by atoms with E-state index in [1.165, 1.54) is 5.56 Å². The minimum atomic E-state index is 0.401. The van der Waals surface area contributed by atoms with E-state index in [0.29, 0.717) is 11.5 Å². The van der Waals surface area contributed by atoms with Gasteiger partial charge in [-0.15, -0.1) is 0 Å². The van der Waals surface area contributed by atoms with Gasteiger partial charge in [-0.2, -0.15) is 0 Å². The van der Waals surface area contributed by atoms with Crippen molar-refractivity contribution in [1.29, 1.82) is 0 Å². The maximum Gasteiger partial charge on any atom is 0.106 e. The van der Waals surface area contributed by atoms with E-state index in [2.05, 4.69) is 10.3 Å². The first-order valence-electron chi connectivity index (χ1n) is 5.71. The summed E-state index contributed by atoms with van der Waals surface area (Å²) >= 11 is 5.05. The molecular formula is C14H15N3S. The first-order chi connectivity index (χ1) is 8.66. The largest absolute Gasteiger partial charge is 0.389 e. The number of rotatable bonds is 4. The molecule has 18 heavy (non-hydrogen) atoms. The molecule has 3 N–H and O–H groups in total. The Kier molecular flexibility index (Phi) is 3.89. The lowest BCUT2D eigenvalue weighted by Gasteiger charge is -2.11. The van der Waals surface area contributed by atoms with Crippen LogP contribution in [-0.2, 0) is 6.54 Å². The third-order valence-corrected chi connectivity index (χ3v) is 2.85. The summed E-state index contributed by atoms with van der Waals surface area (Å²) in [6.07, 6.45) is 1.78. The van der Waals surface area contributed by atoms with Crippen LogP contribution in [0.15, 0.2) is 42.6 Å². The molecular weight excluding hydrogens is 242 g/mol. The molecule has 1 heterocycles. The monoisotopic (exact) mass is 257 g/mol. The molecule has 0 saturated carbocycles. The Morgan fingerprint density at radius 3 is 2.83 bits per heavy atom. The van der Waals surface area contributed by atoms with Gasteiger partial charge >= 0.3 is 0 Å². The molecule has 92 valence electrons. The lowest BCUT2D eigenvalue weighted by atomic mass is 10.1. The topological polar surface area (TPSA) is 50.9 Å². The Morgan fingerprint density at radius 1 is 1.33 bits per heavy atom. The molecule has 1 aromatic carbocycles. The van der Waals surface area contributed by atoms with Crippen molar-refractivity contribution in [3.05, 3.63) is 59.4 Å². The second-order valence-electron chi connectivity index (χ2n) is 4.09. The Balaban J connectivity index is 2.18. The van der Waals surface area contributed by atoms with E-state index >= 15 is 0 Å². The summed E-state index contributed by atoms with van der Waals surface area (Å²) in [7, 11) is 0. The smallest absolute Gasteiger partial charge is 0.106 e. The highest BCUT2D eigenvalue weighted by atomic mass is 32.1. The first kappa shape index (κ1) is 12.5. The third-order valence-electron chi connectivity index (χ3n) is 2.63. The van der Waals surface area contributed by atoms with Gasteiger partial charge < -0.3 is 11.1 Å². The molecule has 2 rings (SSSR count). The van der Waals surface area contributed by atoms with Crippen LogP contribution in [0.25, 0.3) is 0 Å². The van der Waals surface area contributed by atoms with Crippen molar-refractivity contribution >= 4 is 22.9 Å². The summed E-state index contributed by atoms with van der Waals surface area (Å²) in [5, 5.41) is 3.32. The Hall–Kier alpha value is -1.94. The van der Waals surface area contributed by atoms with E-state index in [1.54, 1.807) is 6.20 Å².